The highest BCUT2D eigenvalue weighted by atomic mass is 16.6. The van der Waals surface area contributed by atoms with E-state index in [0.717, 1.165) is 57.8 Å². The second kappa shape index (κ2) is 65.7. The Labute approximate surface area is 475 Å². The van der Waals surface area contributed by atoms with Crippen molar-refractivity contribution in [2.45, 2.75) is 406 Å². The molecule has 0 aliphatic carbocycles. The summed E-state index contributed by atoms with van der Waals surface area (Å²) in [6, 6.07) is 0. The van der Waals surface area contributed by atoms with Crippen LogP contribution in [0.2, 0.25) is 0 Å². The molecule has 0 radical (unpaired) electrons. The van der Waals surface area contributed by atoms with Gasteiger partial charge in [-0.2, -0.15) is 0 Å². The van der Waals surface area contributed by atoms with E-state index in [1.165, 1.54) is 302 Å². The van der Waals surface area contributed by atoms with Crippen molar-refractivity contribution in [2.24, 2.45) is 0 Å². The number of rotatable bonds is 65. The molecule has 0 aliphatic rings. The highest BCUT2D eigenvalue weighted by molar-refractivity contribution is 5.71. The molecular weight excluding hydrogens is 937 g/mol. The minimum absolute atomic E-state index is 0.0628. The van der Waals surface area contributed by atoms with Gasteiger partial charge in [0.1, 0.15) is 13.2 Å². The molecule has 0 N–H and O–H groups in total. The maximum absolute atomic E-state index is 12.9. The van der Waals surface area contributed by atoms with Crippen LogP contribution in [0, 0.1) is 0 Å². The molecule has 1 atom stereocenters. The number of allylic oxidation sites excluding steroid dienone is 2. The first-order valence-electron chi connectivity index (χ1n) is 34.7. The van der Waals surface area contributed by atoms with Gasteiger partial charge in [0.05, 0.1) is 0 Å². The molecule has 0 aliphatic heterocycles. The zero-order chi connectivity index (χ0) is 55.0. The van der Waals surface area contributed by atoms with Crippen LogP contribution in [0.25, 0.3) is 0 Å². The zero-order valence-electron chi connectivity index (χ0n) is 51.8. The number of unbranched alkanes of at least 4 members (excludes halogenated alkanes) is 52. The van der Waals surface area contributed by atoms with Crippen molar-refractivity contribution < 1.29 is 28.6 Å². The molecule has 0 saturated heterocycles. The number of hydrogen-bond donors (Lipinski definition) is 0. The van der Waals surface area contributed by atoms with Gasteiger partial charge in [-0.3, -0.25) is 14.4 Å². The monoisotopic (exact) mass is 1070 g/mol. The fourth-order valence-corrected chi connectivity index (χ4v) is 10.8. The third-order valence-electron chi connectivity index (χ3n) is 16.0. The predicted octanol–water partition coefficient (Wildman–Crippen LogP) is 23.6. The van der Waals surface area contributed by atoms with Gasteiger partial charge in [-0.05, 0) is 44.9 Å². The van der Waals surface area contributed by atoms with Crippen LogP contribution in [0.15, 0.2) is 12.2 Å². The normalized spacial score (nSPS) is 12.0. The summed E-state index contributed by atoms with van der Waals surface area (Å²) in [7, 11) is 0. The maximum Gasteiger partial charge on any atom is 0.306 e. The summed E-state index contributed by atoms with van der Waals surface area (Å²) in [4.78, 5) is 38.4. The van der Waals surface area contributed by atoms with Gasteiger partial charge in [-0.15, -0.1) is 0 Å². The van der Waals surface area contributed by atoms with Gasteiger partial charge >= 0.3 is 17.9 Å². The molecule has 0 rings (SSSR count). The maximum atomic E-state index is 12.9. The summed E-state index contributed by atoms with van der Waals surface area (Å²) in [6.07, 6.45) is 78.0. The Bertz CT molecular complexity index is 1180. The molecule has 0 aromatic heterocycles. The molecule has 450 valence electrons. The molecule has 0 saturated carbocycles. The SMILES string of the molecule is CCCCCCCCCC/C=C\CCCCCCCCCCCCCC(=O)OCC(COC(=O)CCCCCCCCCCCCCCCCCC)OC(=O)CCCCCCCCCCCCCCCCCCCCC. The summed E-state index contributed by atoms with van der Waals surface area (Å²) in [6.45, 7) is 6.73. The third kappa shape index (κ3) is 63.0. The molecule has 0 fully saturated rings. The first kappa shape index (κ1) is 74.2. The van der Waals surface area contributed by atoms with E-state index in [2.05, 4.69) is 32.9 Å². The zero-order valence-corrected chi connectivity index (χ0v) is 51.8. The molecule has 76 heavy (non-hydrogen) atoms. The van der Waals surface area contributed by atoms with E-state index < -0.39 is 6.10 Å². The predicted molar refractivity (Wildman–Crippen MR) is 330 cm³/mol. The number of carbonyl (C=O) groups is 3. The molecular formula is C70H134O6. The molecule has 0 bridgehead atoms. The highest BCUT2D eigenvalue weighted by Crippen LogP contribution is 2.19. The Morgan fingerprint density at radius 3 is 0.658 bits per heavy atom. The summed E-state index contributed by atoms with van der Waals surface area (Å²) < 4.78 is 17.0. The molecule has 1 unspecified atom stereocenters. The Morgan fingerprint density at radius 2 is 0.434 bits per heavy atom. The summed E-state index contributed by atoms with van der Waals surface area (Å²) in [5.74, 6) is -0.827. The van der Waals surface area contributed by atoms with Gasteiger partial charge in [0.2, 0.25) is 0 Å². The lowest BCUT2D eigenvalue weighted by molar-refractivity contribution is -0.167. The fourth-order valence-electron chi connectivity index (χ4n) is 10.8. The number of esters is 3. The van der Waals surface area contributed by atoms with E-state index in [1.807, 2.05) is 0 Å². The van der Waals surface area contributed by atoms with Crippen LogP contribution in [0.5, 0.6) is 0 Å². The summed E-state index contributed by atoms with van der Waals surface area (Å²) >= 11 is 0. The highest BCUT2D eigenvalue weighted by Gasteiger charge is 2.19. The lowest BCUT2D eigenvalue weighted by Gasteiger charge is -2.18. The Kier molecular flexibility index (Phi) is 64.1. The minimum Gasteiger partial charge on any atom is -0.462 e. The first-order valence-corrected chi connectivity index (χ1v) is 34.7. The molecule has 0 heterocycles. The summed E-state index contributed by atoms with van der Waals surface area (Å²) in [5.41, 5.74) is 0. The summed E-state index contributed by atoms with van der Waals surface area (Å²) in [5, 5.41) is 0. The second-order valence-electron chi connectivity index (χ2n) is 23.8. The van der Waals surface area contributed by atoms with Gasteiger partial charge in [-0.1, -0.05) is 348 Å². The van der Waals surface area contributed by atoms with Crippen molar-refractivity contribution in [2.75, 3.05) is 13.2 Å². The van der Waals surface area contributed by atoms with Gasteiger partial charge in [-0.25, -0.2) is 0 Å². The Balaban J connectivity index is 4.27. The quantitative estimate of drug-likeness (QED) is 0.0261. The number of carbonyl (C=O) groups excluding carboxylic acids is 3. The van der Waals surface area contributed by atoms with Crippen LogP contribution in [0.4, 0.5) is 0 Å². The van der Waals surface area contributed by atoms with Crippen LogP contribution in [-0.2, 0) is 28.6 Å². The molecule has 6 heteroatoms. The van der Waals surface area contributed by atoms with E-state index in [9.17, 15) is 14.4 Å². The number of ether oxygens (including phenoxy) is 3. The first-order chi connectivity index (χ1) is 37.5. The van der Waals surface area contributed by atoms with E-state index in [1.54, 1.807) is 0 Å². The van der Waals surface area contributed by atoms with Crippen LogP contribution in [-0.4, -0.2) is 37.2 Å². The largest absolute Gasteiger partial charge is 0.462 e. The van der Waals surface area contributed by atoms with Crippen LogP contribution >= 0.6 is 0 Å². The average molecular weight is 1070 g/mol. The standard InChI is InChI=1S/C70H134O6/c1-4-7-10-13-16-19-22-25-28-31-33-34-35-36-38-39-42-45-48-51-54-57-60-63-69(72)75-66-67(65-74-68(71)62-59-56-53-50-47-44-41-30-27-24-21-18-15-12-9-6-3)76-70(73)64-61-58-55-52-49-46-43-40-37-32-29-26-23-20-17-14-11-8-5-2/h31,33,67H,4-30,32,34-66H2,1-3H3/b33-31-. The smallest absolute Gasteiger partial charge is 0.306 e. The fraction of sp³-hybridized carbons (Fsp3) is 0.929. The lowest BCUT2D eigenvalue weighted by Crippen LogP contribution is -2.30. The van der Waals surface area contributed by atoms with Crippen LogP contribution < -0.4 is 0 Å². The Hall–Kier alpha value is -1.85. The van der Waals surface area contributed by atoms with Crippen molar-refractivity contribution in [3.63, 3.8) is 0 Å². The van der Waals surface area contributed by atoms with Gasteiger partial charge < -0.3 is 14.2 Å². The Morgan fingerprint density at radius 1 is 0.250 bits per heavy atom. The molecule has 0 aromatic carbocycles. The number of hydrogen-bond acceptors (Lipinski definition) is 6. The van der Waals surface area contributed by atoms with E-state index in [4.69, 9.17) is 14.2 Å². The van der Waals surface area contributed by atoms with Gasteiger partial charge in [0, 0.05) is 19.3 Å². The molecule has 0 spiro atoms. The van der Waals surface area contributed by atoms with Crippen molar-refractivity contribution in [3.05, 3.63) is 12.2 Å². The molecule has 0 amide bonds. The molecule has 6 nitrogen and oxygen atoms in total. The second-order valence-corrected chi connectivity index (χ2v) is 23.8. The van der Waals surface area contributed by atoms with E-state index in [0.29, 0.717) is 19.3 Å². The minimum atomic E-state index is -0.766. The lowest BCUT2D eigenvalue weighted by atomic mass is 10.0. The van der Waals surface area contributed by atoms with E-state index in [-0.39, 0.29) is 31.1 Å². The molecule has 0 aromatic rings. The average Bonchev–Trinajstić information content (AvgIpc) is 3.42. The van der Waals surface area contributed by atoms with Crippen molar-refractivity contribution in [1.82, 2.24) is 0 Å². The third-order valence-corrected chi connectivity index (χ3v) is 16.0. The van der Waals surface area contributed by atoms with Crippen LogP contribution in [0.1, 0.15) is 400 Å². The van der Waals surface area contributed by atoms with Crippen molar-refractivity contribution in [1.29, 1.82) is 0 Å². The van der Waals surface area contributed by atoms with E-state index >= 15 is 0 Å². The van der Waals surface area contributed by atoms with Crippen LogP contribution in [0.3, 0.4) is 0 Å². The van der Waals surface area contributed by atoms with Gasteiger partial charge in [0.15, 0.2) is 6.10 Å². The van der Waals surface area contributed by atoms with Crippen molar-refractivity contribution in [3.8, 4) is 0 Å². The topological polar surface area (TPSA) is 78.9 Å². The van der Waals surface area contributed by atoms with Crippen molar-refractivity contribution >= 4 is 17.9 Å². The van der Waals surface area contributed by atoms with Gasteiger partial charge in [0.25, 0.3) is 0 Å².